The van der Waals surface area contributed by atoms with Gasteiger partial charge in [0.1, 0.15) is 17.3 Å². The third-order valence-corrected chi connectivity index (χ3v) is 4.35. The van der Waals surface area contributed by atoms with Crippen LogP contribution in [0.2, 0.25) is 0 Å². The molecular formula is C17H21FN4O2. The van der Waals surface area contributed by atoms with Crippen molar-refractivity contribution in [2.24, 2.45) is 5.92 Å². The van der Waals surface area contributed by atoms with E-state index in [1.165, 1.54) is 12.1 Å². The molecule has 1 aliphatic rings. The first kappa shape index (κ1) is 16.6. The zero-order valence-corrected chi connectivity index (χ0v) is 13.6. The molecule has 2 aromatic heterocycles. The van der Waals surface area contributed by atoms with Crippen molar-refractivity contribution in [3.8, 4) is 0 Å². The minimum Gasteiger partial charge on any atom is -0.381 e. The van der Waals surface area contributed by atoms with E-state index in [0.29, 0.717) is 13.2 Å². The van der Waals surface area contributed by atoms with Crippen LogP contribution in [0.1, 0.15) is 42.1 Å². The van der Waals surface area contributed by atoms with Crippen LogP contribution in [0, 0.1) is 11.7 Å². The number of halogens is 1. The first-order valence-electron chi connectivity index (χ1n) is 8.20. The number of aryl methyl sites for hydroxylation is 1. The molecule has 1 N–H and O–H groups in total. The van der Waals surface area contributed by atoms with Crippen LogP contribution in [-0.4, -0.2) is 33.7 Å². The highest BCUT2D eigenvalue weighted by Crippen LogP contribution is 2.29. The van der Waals surface area contributed by atoms with E-state index in [2.05, 4.69) is 15.3 Å². The number of imidazole rings is 1. The molecule has 3 heterocycles. The predicted octanol–water partition coefficient (Wildman–Crippen LogP) is 2.33. The van der Waals surface area contributed by atoms with Crippen LogP contribution in [0.15, 0.2) is 30.7 Å². The second kappa shape index (κ2) is 7.53. The number of hydrogen-bond donors (Lipinski definition) is 1. The van der Waals surface area contributed by atoms with Crippen LogP contribution in [0.25, 0.3) is 0 Å². The molecule has 0 radical (unpaired) electrons. The van der Waals surface area contributed by atoms with Gasteiger partial charge in [0.2, 0.25) is 0 Å². The number of amides is 1. The van der Waals surface area contributed by atoms with Crippen molar-refractivity contribution in [3.05, 3.63) is 48.1 Å². The molecule has 0 spiro atoms. The van der Waals surface area contributed by atoms with Crippen molar-refractivity contribution < 1.29 is 13.9 Å². The van der Waals surface area contributed by atoms with Crippen LogP contribution in [0.5, 0.6) is 0 Å². The summed E-state index contributed by atoms with van der Waals surface area (Å²) >= 11 is 0. The van der Waals surface area contributed by atoms with E-state index in [0.717, 1.165) is 31.4 Å². The lowest BCUT2D eigenvalue weighted by molar-refractivity contribution is 0.0497. The van der Waals surface area contributed by atoms with E-state index in [4.69, 9.17) is 4.74 Å². The van der Waals surface area contributed by atoms with Gasteiger partial charge in [0, 0.05) is 32.2 Å². The predicted molar refractivity (Wildman–Crippen MR) is 85.8 cm³/mol. The monoisotopic (exact) mass is 332 g/mol. The smallest absolute Gasteiger partial charge is 0.270 e. The number of carbonyl (C=O) groups is 1. The summed E-state index contributed by atoms with van der Waals surface area (Å²) in [6.07, 6.45) is 6.42. The average molecular weight is 332 g/mol. The lowest BCUT2D eigenvalue weighted by atomic mass is 9.91. The zero-order chi connectivity index (χ0) is 16.9. The molecule has 1 atom stereocenters. The highest BCUT2D eigenvalue weighted by atomic mass is 19.1. The number of aromatic nitrogens is 3. The first-order chi connectivity index (χ1) is 11.7. The topological polar surface area (TPSA) is 69.0 Å². The Bertz CT molecular complexity index is 680. The van der Waals surface area contributed by atoms with Gasteiger partial charge >= 0.3 is 0 Å². The molecule has 0 aliphatic carbocycles. The van der Waals surface area contributed by atoms with Gasteiger partial charge in [-0.2, -0.15) is 0 Å². The fraction of sp³-hybridized carbons (Fsp3) is 0.471. The Morgan fingerprint density at radius 3 is 2.88 bits per heavy atom. The number of nitrogens with one attached hydrogen (secondary N) is 1. The Hall–Kier alpha value is -2.28. The molecule has 1 fully saturated rings. The molecule has 24 heavy (non-hydrogen) atoms. The van der Waals surface area contributed by atoms with Crippen LogP contribution in [0.4, 0.5) is 4.39 Å². The second-order valence-electron chi connectivity index (χ2n) is 5.83. The zero-order valence-electron chi connectivity index (χ0n) is 13.6. The quantitative estimate of drug-likeness (QED) is 0.912. The maximum atomic E-state index is 13.0. The minimum absolute atomic E-state index is 0.197. The minimum atomic E-state index is -0.464. The van der Waals surface area contributed by atoms with E-state index >= 15 is 0 Å². The number of ether oxygens (including phenoxy) is 1. The Morgan fingerprint density at radius 1 is 1.42 bits per heavy atom. The van der Waals surface area contributed by atoms with Crippen molar-refractivity contribution in [1.29, 1.82) is 0 Å². The first-order valence-corrected chi connectivity index (χ1v) is 8.20. The van der Waals surface area contributed by atoms with Gasteiger partial charge in [0.25, 0.3) is 5.91 Å². The molecule has 2 aromatic rings. The van der Waals surface area contributed by atoms with E-state index in [1.807, 2.05) is 17.7 Å². The molecule has 0 unspecified atom stereocenters. The number of nitrogens with zero attached hydrogens (tertiary/aromatic N) is 3. The summed E-state index contributed by atoms with van der Waals surface area (Å²) in [5.74, 6) is 0.293. The van der Waals surface area contributed by atoms with Gasteiger partial charge in [0.05, 0.1) is 12.2 Å². The van der Waals surface area contributed by atoms with Gasteiger partial charge in [0.15, 0.2) is 0 Å². The number of hydrogen-bond acceptors (Lipinski definition) is 4. The van der Waals surface area contributed by atoms with Crippen molar-refractivity contribution in [3.63, 3.8) is 0 Å². The molecule has 128 valence electrons. The third-order valence-electron chi connectivity index (χ3n) is 4.35. The van der Waals surface area contributed by atoms with Crippen molar-refractivity contribution in [2.45, 2.75) is 32.4 Å². The Kier molecular flexibility index (Phi) is 5.20. The lowest BCUT2D eigenvalue weighted by Gasteiger charge is -2.30. The van der Waals surface area contributed by atoms with Gasteiger partial charge in [-0.1, -0.05) is 0 Å². The number of rotatable bonds is 5. The highest BCUT2D eigenvalue weighted by Gasteiger charge is 2.30. The Labute approximate surface area is 140 Å². The molecule has 0 saturated carbocycles. The SMILES string of the molecule is CCn1ccnc1[C@H](NC(=O)c1ccc(F)cn1)C1CCOCC1. The highest BCUT2D eigenvalue weighted by molar-refractivity contribution is 5.92. The Morgan fingerprint density at radius 2 is 2.21 bits per heavy atom. The van der Waals surface area contributed by atoms with E-state index < -0.39 is 5.82 Å². The van der Waals surface area contributed by atoms with Crippen LogP contribution < -0.4 is 5.32 Å². The van der Waals surface area contributed by atoms with Crippen molar-refractivity contribution in [2.75, 3.05) is 13.2 Å². The summed E-state index contributed by atoms with van der Waals surface area (Å²) in [5, 5.41) is 3.04. The summed E-state index contributed by atoms with van der Waals surface area (Å²) in [7, 11) is 0. The van der Waals surface area contributed by atoms with Gasteiger partial charge in [-0.15, -0.1) is 0 Å². The third kappa shape index (κ3) is 3.62. The molecule has 0 aromatic carbocycles. The summed E-state index contributed by atoms with van der Waals surface area (Å²) in [6.45, 7) is 4.17. The van der Waals surface area contributed by atoms with Gasteiger partial charge in [-0.3, -0.25) is 4.79 Å². The molecule has 7 heteroatoms. The largest absolute Gasteiger partial charge is 0.381 e. The van der Waals surface area contributed by atoms with E-state index in [1.54, 1.807) is 6.20 Å². The van der Waals surface area contributed by atoms with E-state index in [9.17, 15) is 9.18 Å². The van der Waals surface area contributed by atoms with Gasteiger partial charge in [-0.05, 0) is 37.8 Å². The molecule has 1 saturated heterocycles. The molecular weight excluding hydrogens is 311 g/mol. The summed E-state index contributed by atoms with van der Waals surface area (Å²) in [5.41, 5.74) is 0.197. The van der Waals surface area contributed by atoms with Gasteiger partial charge < -0.3 is 14.6 Å². The summed E-state index contributed by atoms with van der Waals surface area (Å²) < 4.78 is 20.5. The van der Waals surface area contributed by atoms with Gasteiger partial charge in [-0.25, -0.2) is 14.4 Å². The molecule has 6 nitrogen and oxygen atoms in total. The molecule has 1 aliphatic heterocycles. The second-order valence-corrected chi connectivity index (χ2v) is 5.83. The average Bonchev–Trinajstić information content (AvgIpc) is 3.09. The lowest BCUT2D eigenvalue weighted by Crippen LogP contribution is -2.38. The van der Waals surface area contributed by atoms with E-state index in [-0.39, 0.29) is 23.6 Å². The van der Waals surface area contributed by atoms with Crippen LogP contribution in [-0.2, 0) is 11.3 Å². The van der Waals surface area contributed by atoms with Crippen LogP contribution >= 0.6 is 0 Å². The summed E-state index contributed by atoms with van der Waals surface area (Å²) in [6, 6.07) is 2.40. The number of pyridine rings is 1. The van der Waals surface area contributed by atoms with Crippen molar-refractivity contribution >= 4 is 5.91 Å². The summed E-state index contributed by atoms with van der Waals surface area (Å²) in [4.78, 5) is 20.9. The van der Waals surface area contributed by atoms with Crippen LogP contribution in [0.3, 0.4) is 0 Å². The standard InChI is InChI=1S/C17H21FN4O2/c1-2-22-8-7-19-16(22)15(12-5-9-24-10-6-12)21-17(23)14-4-3-13(18)11-20-14/h3-4,7-8,11-12,15H,2,5-6,9-10H2,1H3,(H,21,23)/t15-/m1/s1. The Balaban J connectivity index is 1.84. The molecule has 0 bridgehead atoms. The fourth-order valence-electron chi connectivity index (χ4n) is 3.03. The van der Waals surface area contributed by atoms with Crippen molar-refractivity contribution in [1.82, 2.24) is 19.9 Å². The maximum Gasteiger partial charge on any atom is 0.270 e. The molecule has 1 amide bonds. The molecule has 3 rings (SSSR count). The maximum absolute atomic E-state index is 13.0. The number of carbonyl (C=O) groups excluding carboxylic acids is 1. The fourth-order valence-corrected chi connectivity index (χ4v) is 3.03. The normalized spacial score (nSPS) is 16.8.